The van der Waals surface area contributed by atoms with E-state index in [0.717, 1.165) is 0 Å². The maximum atomic E-state index is 11.8. The topological polar surface area (TPSA) is 95.9 Å². The molecule has 0 fully saturated rings. The number of carbonyl (C=O) groups excluding carboxylic acids is 1. The molecule has 0 aromatic heterocycles. The molecule has 1 aromatic rings. The number of rotatable bonds is 5. The molecule has 0 bridgehead atoms. The highest BCUT2D eigenvalue weighted by molar-refractivity contribution is 5.96. The Bertz CT molecular complexity index is 458. The van der Waals surface area contributed by atoms with Crippen LogP contribution in [-0.2, 0) is 9.53 Å². The molecule has 3 N–H and O–H groups in total. The van der Waals surface area contributed by atoms with E-state index in [1.165, 1.54) is 13.2 Å². The van der Waals surface area contributed by atoms with Gasteiger partial charge in [-0.2, -0.15) is 0 Å². The van der Waals surface area contributed by atoms with Crippen LogP contribution in [0, 0.1) is 6.92 Å². The Labute approximate surface area is 104 Å². The fourth-order valence-corrected chi connectivity index (χ4v) is 1.42. The van der Waals surface area contributed by atoms with Crippen molar-refractivity contribution in [2.75, 3.05) is 13.7 Å². The van der Waals surface area contributed by atoms with Gasteiger partial charge in [-0.1, -0.05) is 6.07 Å². The second kappa shape index (κ2) is 6.02. The highest BCUT2D eigenvalue weighted by atomic mass is 16.5. The van der Waals surface area contributed by atoms with E-state index in [9.17, 15) is 14.7 Å². The molecular formula is C12H15NO5. The zero-order chi connectivity index (χ0) is 13.7. The fraction of sp³-hybridized carbons (Fsp3) is 0.333. The van der Waals surface area contributed by atoms with E-state index in [4.69, 9.17) is 5.11 Å². The van der Waals surface area contributed by atoms with Crippen molar-refractivity contribution in [3.8, 4) is 5.75 Å². The molecule has 1 rings (SSSR count). The molecule has 1 unspecified atom stereocenters. The number of carbonyl (C=O) groups is 2. The molecule has 1 amide bonds. The number of phenols is 1. The van der Waals surface area contributed by atoms with E-state index in [-0.39, 0.29) is 12.3 Å². The second-order valence-electron chi connectivity index (χ2n) is 3.72. The van der Waals surface area contributed by atoms with Gasteiger partial charge in [0.25, 0.3) is 5.91 Å². The van der Waals surface area contributed by atoms with E-state index in [1.807, 2.05) is 0 Å². The minimum absolute atomic E-state index is 0.0178. The minimum atomic E-state index is -1.15. The fourth-order valence-electron chi connectivity index (χ4n) is 1.42. The number of methoxy groups -OCH3 is 1. The summed E-state index contributed by atoms with van der Waals surface area (Å²) in [4.78, 5) is 22.5. The van der Waals surface area contributed by atoms with Crippen LogP contribution < -0.4 is 5.32 Å². The number of nitrogens with one attached hydrogen (secondary N) is 1. The van der Waals surface area contributed by atoms with E-state index >= 15 is 0 Å². The Hall–Kier alpha value is -2.08. The number of hydrogen-bond acceptors (Lipinski definition) is 4. The first-order valence-electron chi connectivity index (χ1n) is 5.29. The first-order valence-corrected chi connectivity index (χ1v) is 5.29. The van der Waals surface area contributed by atoms with Crippen LogP contribution in [0.25, 0.3) is 0 Å². The maximum Gasteiger partial charge on any atom is 0.334 e. The normalized spacial score (nSPS) is 11.9. The summed E-state index contributed by atoms with van der Waals surface area (Å²) in [5, 5.41) is 20.6. The zero-order valence-electron chi connectivity index (χ0n) is 10.1. The van der Waals surface area contributed by atoms with E-state index < -0.39 is 18.0 Å². The lowest BCUT2D eigenvalue weighted by Gasteiger charge is -2.12. The lowest BCUT2D eigenvalue weighted by Crippen LogP contribution is -2.38. The largest absolute Gasteiger partial charge is 0.508 e. The van der Waals surface area contributed by atoms with Crippen LogP contribution in [0.4, 0.5) is 0 Å². The van der Waals surface area contributed by atoms with Gasteiger partial charge in [0.1, 0.15) is 5.75 Å². The van der Waals surface area contributed by atoms with Gasteiger partial charge >= 0.3 is 5.97 Å². The summed E-state index contributed by atoms with van der Waals surface area (Å²) in [6.45, 7) is 1.47. The van der Waals surface area contributed by atoms with Crippen molar-refractivity contribution in [3.05, 3.63) is 29.3 Å². The average Bonchev–Trinajstić information content (AvgIpc) is 2.32. The number of carboxylic acid groups (broad SMARTS) is 1. The van der Waals surface area contributed by atoms with Crippen LogP contribution in [0.15, 0.2) is 18.2 Å². The summed E-state index contributed by atoms with van der Waals surface area (Å²) in [5.41, 5.74) is 0.745. The smallest absolute Gasteiger partial charge is 0.334 e. The van der Waals surface area contributed by atoms with Gasteiger partial charge in [0.15, 0.2) is 6.10 Å². The van der Waals surface area contributed by atoms with Crippen LogP contribution in [-0.4, -0.2) is 41.8 Å². The van der Waals surface area contributed by atoms with Crippen LogP contribution >= 0.6 is 0 Å². The number of ether oxygens (including phenoxy) is 1. The Morgan fingerprint density at radius 3 is 2.67 bits per heavy atom. The van der Waals surface area contributed by atoms with Gasteiger partial charge in [0.2, 0.25) is 0 Å². The zero-order valence-corrected chi connectivity index (χ0v) is 10.1. The Morgan fingerprint density at radius 2 is 2.11 bits per heavy atom. The van der Waals surface area contributed by atoms with Gasteiger partial charge in [0, 0.05) is 18.2 Å². The molecule has 0 aliphatic heterocycles. The minimum Gasteiger partial charge on any atom is -0.508 e. The van der Waals surface area contributed by atoms with E-state index in [1.54, 1.807) is 19.1 Å². The first kappa shape index (κ1) is 14.0. The van der Waals surface area contributed by atoms with Crippen molar-refractivity contribution in [2.45, 2.75) is 13.0 Å². The molecule has 6 nitrogen and oxygen atoms in total. The van der Waals surface area contributed by atoms with Crippen LogP contribution in [0.5, 0.6) is 5.75 Å². The summed E-state index contributed by atoms with van der Waals surface area (Å²) >= 11 is 0. The summed E-state index contributed by atoms with van der Waals surface area (Å²) in [5.74, 6) is -1.58. The van der Waals surface area contributed by atoms with Crippen molar-refractivity contribution in [3.63, 3.8) is 0 Å². The van der Waals surface area contributed by atoms with Crippen LogP contribution in [0.1, 0.15) is 15.9 Å². The molecule has 0 saturated carbocycles. The van der Waals surface area contributed by atoms with Gasteiger partial charge in [-0.15, -0.1) is 0 Å². The summed E-state index contributed by atoms with van der Waals surface area (Å²) in [6, 6.07) is 4.57. The molecular weight excluding hydrogens is 238 g/mol. The molecule has 0 saturated heterocycles. The van der Waals surface area contributed by atoms with Crippen molar-refractivity contribution in [1.29, 1.82) is 0 Å². The number of benzene rings is 1. The molecule has 6 heteroatoms. The third kappa shape index (κ3) is 3.21. The van der Waals surface area contributed by atoms with Crippen molar-refractivity contribution in [1.82, 2.24) is 5.32 Å². The van der Waals surface area contributed by atoms with E-state index in [2.05, 4.69) is 10.1 Å². The van der Waals surface area contributed by atoms with Crippen molar-refractivity contribution in [2.24, 2.45) is 0 Å². The number of hydrogen-bond donors (Lipinski definition) is 3. The standard InChI is InChI=1S/C12H15NO5/c1-7-8(4-3-5-9(7)14)11(15)13-6-10(18-2)12(16)17/h3-5,10,14H,6H2,1-2H3,(H,13,15)(H,16,17). The highest BCUT2D eigenvalue weighted by Crippen LogP contribution is 2.19. The third-order valence-corrected chi connectivity index (χ3v) is 2.56. The number of aromatic hydroxyl groups is 1. The highest BCUT2D eigenvalue weighted by Gasteiger charge is 2.18. The lowest BCUT2D eigenvalue weighted by molar-refractivity contribution is -0.148. The molecule has 1 atom stereocenters. The maximum absolute atomic E-state index is 11.8. The molecule has 0 heterocycles. The van der Waals surface area contributed by atoms with Gasteiger partial charge in [-0.05, 0) is 19.1 Å². The number of carboxylic acids is 1. The Balaban J connectivity index is 2.71. The molecule has 1 aromatic carbocycles. The van der Waals surface area contributed by atoms with Crippen molar-refractivity contribution < 1.29 is 24.5 Å². The predicted octanol–water partition coefficient (Wildman–Crippen LogP) is 0.530. The Morgan fingerprint density at radius 1 is 1.44 bits per heavy atom. The number of phenolic OH excluding ortho intramolecular Hbond substituents is 1. The van der Waals surface area contributed by atoms with Crippen LogP contribution in [0.2, 0.25) is 0 Å². The quantitative estimate of drug-likeness (QED) is 0.711. The average molecular weight is 253 g/mol. The van der Waals surface area contributed by atoms with E-state index in [0.29, 0.717) is 11.1 Å². The summed E-state index contributed by atoms with van der Waals surface area (Å²) in [7, 11) is 1.25. The number of aliphatic carboxylic acids is 1. The van der Waals surface area contributed by atoms with Gasteiger partial charge in [-0.25, -0.2) is 4.79 Å². The first-order chi connectivity index (χ1) is 8.47. The molecule has 0 spiro atoms. The third-order valence-electron chi connectivity index (χ3n) is 2.56. The summed E-state index contributed by atoms with van der Waals surface area (Å²) in [6.07, 6.45) is -1.09. The van der Waals surface area contributed by atoms with Gasteiger partial charge in [0.05, 0.1) is 6.54 Å². The molecule has 18 heavy (non-hydrogen) atoms. The van der Waals surface area contributed by atoms with Gasteiger partial charge < -0.3 is 20.3 Å². The predicted molar refractivity (Wildman–Crippen MR) is 63.6 cm³/mol. The van der Waals surface area contributed by atoms with Crippen LogP contribution in [0.3, 0.4) is 0 Å². The molecule has 0 radical (unpaired) electrons. The van der Waals surface area contributed by atoms with Crippen molar-refractivity contribution >= 4 is 11.9 Å². The summed E-state index contributed by atoms with van der Waals surface area (Å²) < 4.78 is 4.69. The van der Waals surface area contributed by atoms with Gasteiger partial charge in [-0.3, -0.25) is 4.79 Å². The SMILES string of the molecule is COC(CNC(=O)c1cccc(O)c1C)C(=O)O. The molecule has 98 valence electrons. The second-order valence-corrected chi connectivity index (χ2v) is 3.72. The lowest BCUT2D eigenvalue weighted by atomic mass is 10.1. The number of amides is 1. The molecule has 0 aliphatic rings. The molecule has 0 aliphatic carbocycles. The monoisotopic (exact) mass is 253 g/mol. The Kier molecular flexibility index (Phi) is 4.67.